The number of rotatable bonds is 3. The number of hydrogen-bond donors (Lipinski definition) is 1. The van der Waals surface area contributed by atoms with Crippen molar-refractivity contribution in [3.63, 3.8) is 0 Å². The van der Waals surface area contributed by atoms with E-state index in [-0.39, 0.29) is 0 Å². The van der Waals surface area contributed by atoms with Crippen molar-refractivity contribution < 1.29 is 4.74 Å². The summed E-state index contributed by atoms with van der Waals surface area (Å²) in [6, 6.07) is 7.85. The fourth-order valence-corrected chi connectivity index (χ4v) is 2.28. The lowest BCUT2D eigenvalue weighted by atomic mass is 10.3. The van der Waals surface area contributed by atoms with Gasteiger partial charge in [0, 0.05) is 5.92 Å². The molecule has 1 saturated carbocycles. The molecule has 0 aliphatic heterocycles. The Morgan fingerprint density at radius 3 is 2.68 bits per heavy atom. The van der Waals surface area contributed by atoms with Gasteiger partial charge in [0.25, 0.3) is 0 Å². The van der Waals surface area contributed by atoms with Crippen molar-refractivity contribution in [1.82, 2.24) is 9.97 Å². The van der Waals surface area contributed by atoms with Crippen molar-refractivity contribution in [1.29, 1.82) is 0 Å². The maximum absolute atomic E-state index is 5.95. The molecule has 0 spiro atoms. The Morgan fingerprint density at radius 1 is 1.26 bits per heavy atom. The van der Waals surface area contributed by atoms with Gasteiger partial charge in [0.05, 0.1) is 9.13 Å². The van der Waals surface area contributed by atoms with E-state index in [0.29, 0.717) is 17.6 Å². The average molecular weight is 367 g/mol. The van der Waals surface area contributed by atoms with Crippen LogP contribution < -0.4 is 10.5 Å². The summed E-state index contributed by atoms with van der Waals surface area (Å²) in [5.74, 6) is 3.14. The zero-order chi connectivity index (χ0) is 13.4. The molecule has 0 amide bonds. The van der Waals surface area contributed by atoms with E-state index in [2.05, 4.69) is 32.6 Å². The summed E-state index contributed by atoms with van der Waals surface area (Å²) in [7, 11) is 0. The summed E-state index contributed by atoms with van der Waals surface area (Å²) in [6.07, 6.45) is 2.29. The molecule has 1 aromatic carbocycles. The third-order valence-electron chi connectivity index (χ3n) is 3.14. The first-order chi connectivity index (χ1) is 9.15. The molecule has 98 valence electrons. The van der Waals surface area contributed by atoms with Crippen molar-refractivity contribution in [2.24, 2.45) is 0 Å². The first-order valence-electron chi connectivity index (χ1n) is 6.21. The van der Waals surface area contributed by atoms with Gasteiger partial charge in [0.15, 0.2) is 0 Å². The Morgan fingerprint density at radius 2 is 2.00 bits per heavy atom. The highest BCUT2D eigenvalue weighted by Gasteiger charge is 2.28. The number of para-hydroxylation sites is 1. The molecule has 0 unspecified atom stereocenters. The number of anilines is 1. The van der Waals surface area contributed by atoms with E-state index < -0.39 is 0 Å². The van der Waals surface area contributed by atoms with Crippen LogP contribution in [0.4, 0.5) is 5.82 Å². The van der Waals surface area contributed by atoms with Crippen LogP contribution in [-0.2, 0) is 0 Å². The van der Waals surface area contributed by atoms with Crippen LogP contribution in [0.15, 0.2) is 24.3 Å². The molecule has 0 atom stereocenters. The third-order valence-corrected chi connectivity index (χ3v) is 4.03. The second kappa shape index (κ2) is 4.96. The topological polar surface area (TPSA) is 61.0 Å². The van der Waals surface area contributed by atoms with Gasteiger partial charge in [0.1, 0.15) is 17.4 Å². The molecule has 5 heteroatoms. The van der Waals surface area contributed by atoms with Crippen LogP contribution in [0, 0.1) is 10.5 Å². The van der Waals surface area contributed by atoms with E-state index in [1.807, 2.05) is 31.2 Å². The number of nitrogens with zero attached hydrogens (tertiary/aromatic N) is 2. The van der Waals surface area contributed by atoms with Crippen molar-refractivity contribution >= 4 is 28.4 Å². The molecule has 2 aromatic rings. The molecule has 3 rings (SSSR count). The molecule has 2 N–H and O–H groups in total. The van der Waals surface area contributed by atoms with E-state index >= 15 is 0 Å². The van der Waals surface area contributed by atoms with E-state index in [4.69, 9.17) is 10.5 Å². The molecule has 1 heterocycles. The monoisotopic (exact) mass is 367 g/mol. The summed E-state index contributed by atoms with van der Waals surface area (Å²) in [6.45, 7) is 1.89. The highest BCUT2D eigenvalue weighted by atomic mass is 127. The van der Waals surface area contributed by atoms with Gasteiger partial charge in [-0.2, -0.15) is 4.98 Å². The predicted octanol–water partition coefficient (Wildman–Crippen LogP) is 3.64. The molecule has 4 nitrogen and oxygen atoms in total. The van der Waals surface area contributed by atoms with Crippen molar-refractivity contribution in [2.45, 2.75) is 25.7 Å². The summed E-state index contributed by atoms with van der Waals surface area (Å²) >= 11 is 2.24. The molecular weight excluding hydrogens is 353 g/mol. The van der Waals surface area contributed by atoms with Crippen LogP contribution in [-0.4, -0.2) is 9.97 Å². The Labute approximate surface area is 125 Å². The average Bonchev–Trinajstić information content (AvgIpc) is 3.21. The lowest BCUT2D eigenvalue weighted by molar-refractivity contribution is 0.452. The zero-order valence-corrected chi connectivity index (χ0v) is 12.7. The largest absolute Gasteiger partial charge is 0.437 e. The highest BCUT2D eigenvalue weighted by Crippen LogP contribution is 2.40. The lowest BCUT2D eigenvalue weighted by Gasteiger charge is -2.11. The fraction of sp³-hybridized carbons (Fsp3) is 0.286. The second-order valence-electron chi connectivity index (χ2n) is 4.70. The number of ether oxygens (including phenoxy) is 1. The van der Waals surface area contributed by atoms with Gasteiger partial charge < -0.3 is 10.5 Å². The van der Waals surface area contributed by atoms with Gasteiger partial charge in [0.2, 0.25) is 5.88 Å². The number of benzene rings is 1. The molecule has 0 bridgehead atoms. The minimum absolute atomic E-state index is 0.458. The Bertz CT molecular complexity index is 626. The third kappa shape index (κ3) is 2.65. The summed E-state index contributed by atoms with van der Waals surface area (Å²) in [4.78, 5) is 8.86. The van der Waals surface area contributed by atoms with Crippen LogP contribution in [0.2, 0.25) is 0 Å². The maximum Gasteiger partial charge on any atom is 0.227 e. The standard InChI is InChI=1S/C14H14IN3O/c1-8-12(16)17-13(9-6-7-9)18-14(8)19-11-5-3-2-4-10(11)15/h2-5,9H,6-7H2,1H3,(H2,16,17,18). The first kappa shape index (κ1) is 12.7. The summed E-state index contributed by atoms with van der Waals surface area (Å²) in [5, 5.41) is 0. The molecule has 0 radical (unpaired) electrons. The molecular formula is C14H14IN3O. The SMILES string of the molecule is Cc1c(N)nc(C2CC2)nc1Oc1ccccc1I. The number of halogens is 1. The predicted molar refractivity (Wildman–Crippen MR) is 82.4 cm³/mol. The fourth-order valence-electron chi connectivity index (χ4n) is 1.78. The van der Waals surface area contributed by atoms with Gasteiger partial charge in [-0.25, -0.2) is 4.98 Å². The minimum atomic E-state index is 0.458. The molecule has 1 aromatic heterocycles. The lowest BCUT2D eigenvalue weighted by Crippen LogP contribution is -2.04. The van der Waals surface area contributed by atoms with Crippen LogP contribution in [0.3, 0.4) is 0 Å². The Kier molecular flexibility index (Phi) is 3.30. The van der Waals surface area contributed by atoms with Crippen LogP contribution >= 0.6 is 22.6 Å². The highest BCUT2D eigenvalue weighted by molar-refractivity contribution is 14.1. The number of hydrogen-bond acceptors (Lipinski definition) is 4. The van der Waals surface area contributed by atoms with E-state index in [1.54, 1.807) is 0 Å². The zero-order valence-electron chi connectivity index (χ0n) is 10.6. The molecule has 1 fully saturated rings. The number of aromatic nitrogens is 2. The van der Waals surface area contributed by atoms with Crippen molar-refractivity contribution in [2.75, 3.05) is 5.73 Å². The van der Waals surface area contributed by atoms with E-state index in [1.165, 1.54) is 0 Å². The quantitative estimate of drug-likeness (QED) is 0.842. The second-order valence-corrected chi connectivity index (χ2v) is 5.87. The van der Waals surface area contributed by atoms with Crippen molar-refractivity contribution in [3.8, 4) is 11.6 Å². The van der Waals surface area contributed by atoms with Crippen LogP contribution in [0.5, 0.6) is 11.6 Å². The van der Waals surface area contributed by atoms with Crippen LogP contribution in [0.25, 0.3) is 0 Å². The van der Waals surface area contributed by atoms with Gasteiger partial charge in [-0.15, -0.1) is 0 Å². The molecule has 19 heavy (non-hydrogen) atoms. The minimum Gasteiger partial charge on any atom is -0.437 e. The van der Waals surface area contributed by atoms with E-state index in [9.17, 15) is 0 Å². The normalized spacial score (nSPS) is 14.4. The van der Waals surface area contributed by atoms with E-state index in [0.717, 1.165) is 33.5 Å². The molecule has 1 aliphatic rings. The Balaban J connectivity index is 1.98. The molecule has 0 saturated heterocycles. The van der Waals surface area contributed by atoms with Crippen molar-refractivity contribution in [3.05, 3.63) is 39.2 Å². The van der Waals surface area contributed by atoms with Gasteiger partial charge in [-0.1, -0.05) is 12.1 Å². The summed E-state index contributed by atoms with van der Waals surface area (Å²) < 4.78 is 6.95. The Hall–Kier alpha value is -1.37. The summed E-state index contributed by atoms with van der Waals surface area (Å²) in [5.41, 5.74) is 6.74. The van der Waals surface area contributed by atoms with Gasteiger partial charge >= 0.3 is 0 Å². The maximum atomic E-state index is 5.95. The van der Waals surface area contributed by atoms with Gasteiger partial charge in [-0.05, 0) is 54.5 Å². The number of nitrogens with two attached hydrogens (primary N) is 1. The van der Waals surface area contributed by atoms with Gasteiger partial charge in [-0.3, -0.25) is 0 Å². The van der Waals surface area contributed by atoms with Crippen LogP contribution in [0.1, 0.15) is 30.1 Å². The molecule has 1 aliphatic carbocycles. The smallest absolute Gasteiger partial charge is 0.227 e. The first-order valence-corrected chi connectivity index (χ1v) is 7.29. The number of nitrogen functional groups attached to an aromatic ring is 1.